The summed E-state index contributed by atoms with van der Waals surface area (Å²) in [6.07, 6.45) is 5.01. The number of esters is 1. The van der Waals surface area contributed by atoms with Crippen molar-refractivity contribution in [3.8, 4) is 0 Å². The molecule has 1 aromatic heterocycles. The smallest absolute Gasteiger partial charge is 0.331 e. The number of methoxy groups -OCH3 is 1. The molecule has 2 aliphatic heterocycles. The number of nitrogens with zero attached hydrogens (tertiary/aromatic N) is 2. The topological polar surface area (TPSA) is 59.5 Å². The Balaban J connectivity index is 1.91. The van der Waals surface area contributed by atoms with Crippen LogP contribution in [0.25, 0.3) is 0 Å². The number of hydrogen-bond donors (Lipinski definition) is 0. The Morgan fingerprint density at radius 3 is 2.86 bits per heavy atom. The van der Waals surface area contributed by atoms with E-state index in [0.29, 0.717) is 18.0 Å². The molecule has 1 aliphatic carbocycles. The number of rotatable bonds is 3. The lowest BCUT2D eigenvalue weighted by molar-refractivity contribution is -0.179. The number of hydrogen-bond acceptors (Lipinski definition) is 4. The van der Waals surface area contributed by atoms with E-state index in [0.717, 1.165) is 19.3 Å². The van der Waals surface area contributed by atoms with Gasteiger partial charge in [0.1, 0.15) is 11.2 Å². The van der Waals surface area contributed by atoms with Crippen LogP contribution in [-0.4, -0.2) is 40.5 Å². The summed E-state index contributed by atoms with van der Waals surface area (Å²) in [5, 5.41) is 0. The van der Waals surface area contributed by atoms with Crippen LogP contribution in [0.1, 0.15) is 43.1 Å². The Kier molecular flexibility index (Phi) is 3.43. The molecule has 2 bridgehead atoms. The SMILES string of the molecule is CCC1CC2CC(C(=O)OC)(C1)N2C(=O)c1ccccn1. The van der Waals surface area contributed by atoms with Crippen LogP contribution in [0.3, 0.4) is 0 Å². The van der Waals surface area contributed by atoms with Gasteiger partial charge in [-0.05, 0) is 30.9 Å². The van der Waals surface area contributed by atoms with E-state index in [1.165, 1.54) is 7.11 Å². The maximum Gasteiger partial charge on any atom is 0.331 e. The molecule has 0 N–H and O–H groups in total. The predicted octanol–water partition coefficient (Wildman–Crippen LogP) is 2.03. The van der Waals surface area contributed by atoms with Crippen molar-refractivity contribution >= 4 is 11.9 Å². The summed E-state index contributed by atoms with van der Waals surface area (Å²) in [5.74, 6) is 0.0311. The Hall–Kier alpha value is -1.91. The van der Waals surface area contributed by atoms with Crippen molar-refractivity contribution in [3.63, 3.8) is 0 Å². The molecule has 3 atom stereocenters. The number of aromatic nitrogens is 1. The normalized spacial score (nSPS) is 30.5. The summed E-state index contributed by atoms with van der Waals surface area (Å²) in [6, 6.07) is 5.39. The molecule has 5 nitrogen and oxygen atoms in total. The van der Waals surface area contributed by atoms with Crippen LogP contribution in [0.2, 0.25) is 0 Å². The third kappa shape index (κ3) is 2.03. The van der Waals surface area contributed by atoms with Gasteiger partial charge in [0.25, 0.3) is 5.91 Å². The molecule has 3 heterocycles. The summed E-state index contributed by atoms with van der Waals surface area (Å²) in [4.78, 5) is 30.9. The summed E-state index contributed by atoms with van der Waals surface area (Å²) < 4.78 is 4.99. The van der Waals surface area contributed by atoms with Crippen LogP contribution in [0, 0.1) is 5.92 Å². The van der Waals surface area contributed by atoms with E-state index in [1.807, 2.05) is 0 Å². The van der Waals surface area contributed by atoms with Crippen LogP contribution in [0.4, 0.5) is 0 Å². The number of carbonyl (C=O) groups is 2. The van der Waals surface area contributed by atoms with E-state index in [2.05, 4.69) is 11.9 Å². The Labute approximate surface area is 124 Å². The number of amides is 1. The first kappa shape index (κ1) is 14.0. The third-order valence-electron chi connectivity index (χ3n) is 4.88. The maximum atomic E-state index is 12.7. The average Bonchev–Trinajstić information content (AvgIpc) is 2.54. The largest absolute Gasteiger partial charge is 0.467 e. The molecule has 1 saturated carbocycles. The minimum atomic E-state index is -0.771. The number of pyridine rings is 1. The van der Waals surface area contributed by atoms with E-state index in [-0.39, 0.29) is 17.9 Å². The summed E-state index contributed by atoms with van der Waals surface area (Å²) >= 11 is 0. The summed E-state index contributed by atoms with van der Waals surface area (Å²) in [7, 11) is 1.39. The minimum Gasteiger partial charge on any atom is -0.467 e. The minimum absolute atomic E-state index is 0.136. The van der Waals surface area contributed by atoms with Gasteiger partial charge in [-0.1, -0.05) is 19.4 Å². The molecule has 3 unspecified atom stereocenters. The highest BCUT2D eigenvalue weighted by Crippen LogP contribution is 2.51. The molecule has 0 aromatic carbocycles. The van der Waals surface area contributed by atoms with E-state index in [9.17, 15) is 9.59 Å². The Bertz CT molecular complexity index is 560. The Morgan fingerprint density at radius 1 is 1.43 bits per heavy atom. The molecule has 4 rings (SSSR count). The summed E-state index contributed by atoms with van der Waals surface area (Å²) in [5.41, 5.74) is -0.377. The van der Waals surface area contributed by atoms with Crippen LogP contribution in [0.5, 0.6) is 0 Å². The second kappa shape index (κ2) is 5.13. The number of fused-ring (bicyclic) bond motifs is 2. The number of carbonyl (C=O) groups excluding carboxylic acids is 2. The first-order valence-electron chi connectivity index (χ1n) is 7.45. The zero-order chi connectivity index (χ0) is 15.0. The monoisotopic (exact) mass is 288 g/mol. The van der Waals surface area contributed by atoms with Gasteiger partial charge >= 0.3 is 5.97 Å². The van der Waals surface area contributed by atoms with Gasteiger partial charge in [-0.25, -0.2) is 4.79 Å². The van der Waals surface area contributed by atoms with Gasteiger partial charge in [-0.3, -0.25) is 9.78 Å². The quantitative estimate of drug-likeness (QED) is 0.798. The van der Waals surface area contributed by atoms with Crippen molar-refractivity contribution < 1.29 is 14.3 Å². The molecule has 5 heteroatoms. The zero-order valence-electron chi connectivity index (χ0n) is 12.4. The van der Waals surface area contributed by atoms with Crippen molar-refractivity contribution in [2.45, 2.75) is 44.2 Å². The second-order valence-corrected chi connectivity index (χ2v) is 5.99. The molecule has 1 aromatic rings. The third-order valence-corrected chi connectivity index (χ3v) is 4.88. The second-order valence-electron chi connectivity index (χ2n) is 5.99. The molecule has 3 fully saturated rings. The van der Waals surface area contributed by atoms with Crippen molar-refractivity contribution in [1.29, 1.82) is 0 Å². The maximum absolute atomic E-state index is 12.7. The zero-order valence-corrected chi connectivity index (χ0v) is 12.4. The average molecular weight is 288 g/mol. The van der Waals surface area contributed by atoms with Crippen molar-refractivity contribution in [3.05, 3.63) is 30.1 Å². The molecule has 2 saturated heterocycles. The molecule has 0 spiro atoms. The highest BCUT2D eigenvalue weighted by Gasteiger charge is 2.63. The fourth-order valence-corrected chi connectivity index (χ4v) is 3.87. The fourth-order valence-electron chi connectivity index (χ4n) is 3.87. The number of piperidine rings is 1. The van der Waals surface area contributed by atoms with Crippen molar-refractivity contribution in [1.82, 2.24) is 9.88 Å². The lowest BCUT2D eigenvalue weighted by Crippen LogP contribution is -2.75. The molecule has 1 amide bonds. The molecular weight excluding hydrogens is 268 g/mol. The fraction of sp³-hybridized carbons (Fsp3) is 0.562. The molecule has 0 radical (unpaired) electrons. The van der Waals surface area contributed by atoms with Gasteiger partial charge in [-0.2, -0.15) is 0 Å². The highest BCUT2D eigenvalue weighted by atomic mass is 16.5. The summed E-state index contributed by atoms with van der Waals surface area (Å²) in [6.45, 7) is 2.13. The predicted molar refractivity (Wildman–Crippen MR) is 76.6 cm³/mol. The van der Waals surface area contributed by atoms with Gasteiger partial charge in [0.05, 0.1) is 7.11 Å². The first-order valence-corrected chi connectivity index (χ1v) is 7.45. The van der Waals surface area contributed by atoms with Crippen molar-refractivity contribution in [2.24, 2.45) is 5.92 Å². The molecule has 112 valence electrons. The van der Waals surface area contributed by atoms with Gasteiger partial charge in [0.15, 0.2) is 0 Å². The molecule has 21 heavy (non-hydrogen) atoms. The van der Waals surface area contributed by atoms with E-state index >= 15 is 0 Å². The molecule has 3 aliphatic rings. The van der Waals surface area contributed by atoms with Gasteiger partial charge in [-0.15, -0.1) is 0 Å². The van der Waals surface area contributed by atoms with Crippen LogP contribution >= 0.6 is 0 Å². The van der Waals surface area contributed by atoms with Crippen LogP contribution < -0.4 is 0 Å². The standard InChI is InChI=1S/C16H20N2O3/c1-3-11-8-12-10-16(9-11,15(20)21-2)18(12)14(19)13-6-4-5-7-17-13/h4-7,11-12H,3,8-10H2,1-2H3. The lowest BCUT2D eigenvalue weighted by Gasteiger charge is -2.61. The van der Waals surface area contributed by atoms with Gasteiger partial charge < -0.3 is 9.64 Å². The van der Waals surface area contributed by atoms with Gasteiger partial charge in [0, 0.05) is 18.7 Å². The van der Waals surface area contributed by atoms with E-state index < -0.39 is 5.54 Å². The van der Waals surface area contributed by atoms with E-state index in [4.69, 9.17) is 4.74 Å². The first-order chi connectivity index (χ1) is 10.1. The lowest BCUT2D eigenvalue weighted by atomic mass is 9.63. The van der Waals surface area contributed by atoms with Crippen LogP contribution in [0.15, 0.2) is 24.4 Å². The Morgan fingerprint density at radius 2 is 2.24 bits per heavy atom. The van der Waals surface area contributed by atoms with Crippen LogP contribution in [-0.2, 0) is 9.53 Å². The van der Waals surface area contributed by atoms with Gasteiger partial charge in [0.2, 0.25) is 0 Å². The van der Waals surface area contributed by atoms with Crippen molar-refractivity contribution in [2.75, 3.05) is 7.11 Å². The number of ether oxygens (including phenoxy) is 1. The highest BCUT2D eigenvalue weighted by molar-refractivity contribution is 5.98. The molecular formula is C16H20N2O3. The van der Waals surface area contributed by atoms with E-state index in [1.54, 1.807) is 29.3 Å².